The van der Waals surface area contributed by atoms with E-state index in [1.54, 1.807) is 0 Å². The van der Waals surface area contributed by atoms with Crippen LogP contribution in [0.5, 0.6) is 0 Å². The largest absolute Gasteiger partial charge is 0.384 e. The predicted molar refractivity (Wildman–Crippen MR) is 80.3 cm³/mol. The molecule has 0 spiro atoms. The summed E-state index contributed by atoms with van der Waals surface area (Å²) in [4.78, 5) is 11.2. The van der Waals surface area contributed by atoms with Gasteiger partial charge in [-0.25, -0.2) is 9.97 Å². The number of hydrogen-bond acceptors (Lipinski definition) is 4. The van der Waals surface area contributed by atoms with Crippen molar-refractivity contribution < 1.29 is 0 Å². The summed E-state index contributed by atoms with van der Waals surface area (Å²) in [5.41, 5.74) is 5.88. The molecule has 4 heteroatoms. The number of nitrogens with two attached hydrogens (primary N) is 1. The van der Waals surface area contributed by atoms with Crippen LogP contribution < -0.4 is 10.6 Å². The maximum absolute atomic E-state index is 5.88. The van der Waals surface area contributed by atoms with Gasteiger partial charge in [0.25, 0.3) is 0 Å². The first-order valence-electron chi connectivity index (χ1n) is 7.53. The zero-order chi connectivity index (χ0) is 13.7. The molecule has 0 radical (unpaired) electrons. The molecule has 0 amide bonds. The molecule has 19 heavy (non-hydrogen) atoms. The summed E-state index contributed by atoms with van der Waals surface area (Å²) in [5.74, 6) is 3.24. The van der Waals surface area contributed by atoms with Crippen LogP contribution >= 0.6 is 0 Å². The molecule has 1 saturated carbocycles. The molecule has 0 aliphatic heterocycles. The molecule has 1 heterocycles. The number of aromatic nitrogens is 2. The van der Waals surface area contributed by atoms with E-state index < -0.39 is 0 Å². The molecule has 1 fully saturated rings. The van der Waals surface area contributed by atoms with Gasteiger partial charge in [0.15, 0.2) is 0 Å². The topological polar surface area (TPSA) is 55.0 Å². The zero-order valence-electron chi connectivity index (χ0n) is 12.2. The number of nitrogen functional groups attached to an aromatic ring is 1. The van der Waals surface area contributed by atoms with Gasteiger partial charge in [-0.2, -0.15) is 0 Å². The predicted octanol–water partition coefficient (Wildman–Crippen LogP) is 3.03. The van der Waals surface area contributed by atoms with Gasteiger partial charge >= 0.3 is 0 Å². The highest BCUT2D eigenvalue weighted by atomic mass is 15.2. The van der Waals surface area contributed by atoms with E-state index in [1.807, 2.05) is 6.07 Å². The minimum atomic E-state index is 0.587. The highest BCUT2D eigenvalue weighted by Gasteiger charge is 2.16. The highest BCUT2D eigenvalue weighted by molar-refractivity contribution is 5.46. The molecule has 0 saturated heterocycles. The lowest BCUT2D eigenvalue weighted by Crippen LogP contribution is -2.28. The molecule has 0 aromatic carbocycles. The summed E-state index contributed by atoms with van der Waals surface area (Å²) in [7, 11) is 2.12. The molecule has 0 atom stereocenters. The van der Waals surface area contributed by atoms with E-state index in [0.717, 1.165) is 36.9 Å². The third-order valence-corrected chi connectivity index (χ3v) is 3.90. The lowest BCUT2D eigenvalue weighted by atomic mass is 9.89. The quantitative estimate of drug-likeness (QED) is 0.886. The van der Waals surface area contributed by atoms with Crippen molar-refractivity contribution in [1.82, 2.24) is 9.97 Å². The van der Waals surface area contributed by atoms with Gasteiger partial charge in [0.05, 0.1) is 0 Å². The summed E-state index contributed by atoms with van der Waals surface area (Å²) in [5, 5.41) is 0. The van der Waals surface area contributed by atoms with E-state index in [9.17, 15) is 0 Å². The van der Waals surface area contributed by atoms with Crippen LogP contribution in [0.25, 0.3) is 0 Å². The summed E-state index contributed by atoms with van der Waals surface area (Å²) >= 11 is 0. The van der Waals surface area contributed by atoms with E-state index in [2.05, 4.69) is 28.8 Å². The summed E-state index contributed by atoms with van der Waals surface area (Å²) < 4.78 is 0. The van der Waals surface area contributed by atoms with Gasteiger partial charge in [0.1, 0.15) is 17.5 Å². The Labute approximate surface area is 116 Å². The van der Waals surface area contributed by atoms with E-state index in [0.29, 0.717) is 5.82 Å². The molecule has 2 N–H and O–H groups in total. The van der Waals surface area contributed by atoms with Crippen molar-refractivity contribution in [2.45, 2.75) is 51.9 Å². The van der Waals surface area contributed by atoms with Gasteiger partial charge in [-0.15, -0.1) is 0 Å². The standard InChI is InChI=1S/C15H26N4/c1-3-7-14-17-13(16)10-15(18-14)19(2)11-12-8-5-4-6-9-12/h10,12H,3-9,11H2,1-2H3,(H2,16,17,18). The first-order valence-corrected chi connectivity index (χ1v) is 7.53. The number of nitrogens with zero attached hydrogens (tertiary/aromatic N) is 3. The van der Waals surface area contributed by atoms with Crippen molar-refractivity contribution in [3.63, 3.8) is 0 Å². The Hall–Kier alpha value is -1.32. The molecule has 2 rings (SSSR count). The van der Waals surface area contributed by atoms with Crippen LogP contribution in [0.2, 0.25) is 0 Å². The Morgan fingerprint density at radius 1 is 1.26 bits per heavy atom. The fourth-order valence-corrected chi connectivity index (χ4v) is 2.88. The molecular formula is C15H26N4. The lowest BCUT2D eigenvalue weighted by molar-refractivity contribution is 0.361. The summed E-state index contributed by atoms with van der Waals surface area (Å²) in [6.45, 7) is 3.22. The second kappa shape index (κ2) is 6.73. The molecule has 106 valence electrons. The van der Waals surface area contributed by atoms with E-state index in [1.165, 1.54) is 32.1 Å². The molecule has 1 aromatic rings. The first-order chi connectivity index (χ1) is 9.19. The van der Waals surface area contributed by atoms with Crippen LogP contribution in [-0.4, -0.2) is 23.6 Å². The molecule has 1 aromatic heterocycles. The van der Waals surface area contributed by atoms with Crippen molar-refractivity contribution in [1.29, 1.82) is 0 Å². The second-order valence-electron chi connectivity index (χ2n) is 5.70. The normalized spacial score (nSPS) is 16.5. The van der Waals surface area contributed by atoms with Crippen molar-refractivity contribution in [3.05, 3.63) is 11.9 Å². The highest BCUT2D eigenvalue weighted by Crippen LogP contribution is 2.25. The van der Waals surface area contributed by atoms with Crippen molar-refractivity contribution in [2.75, 3.05) is 24.2 Å². The van der Waals surface area contributed by atoms with E-state index in [-0.39, 0.29) is 0 Å². The molecule has 4 nitrogen and oxygen atoms in total. The Balaban J connectivity index is 2.02. The summed E-state index contributed by atoms with van der Waals surface area (Å²) in [6.07, 6.45) is 8.82. The molecule has 1 aliphatic rings. The van der Waals surface area contributed by atoms with E-state index >= 15 is 0 Å². The second-order valence-corrected chi connectivity index (χ2v) is 5.70. The number of hydrogen-bond donors (Lipinski definition) is 1. The fourth-order valence-electron chi connectivity index (χ4n) is 2.88. The monoisotopic (exact) mass is 262 g/mol. The Bertz CT molecular complexity index is 399. The van der Waals surface area contributed by atoms with Crippen LogP contribution in [0.4, 0.5) is 11.6 Å². The summed E-state index contributed by atoms with van der Waals surface area (Å²) in [6, 6.07) is 1.89. The van der Waals surface area contributed by atoms with Gasteiger partial charge in [0.2, 0.25) is 0 Å². The third kappa shape index (κ3) is 4.08. The lowest BCUT2D eigenvalue weighted by Gasteiger charge is -2.27. The van der Waals surface area contributed by atoms with Crippen LogP contribution in [-0.2, 0) is 6.42 Å². The molecule has 0 unspecified atom stereocenters. The Morgan fingerprint density at radius 2 is 2.00 bits per heavy atom. The fraction of sp³-hybridized carbons (Fsp3) is 0.733. The minimum Gasteiger partial charge on any atom is -0.384 e. The Morgan fingerprint density at radius 3 is 2.68 bits per heavy atom. The van der Waals surface area contributed by atoms with Crippen LogP contribution in [0, 0.1) is 5.92 Å². The van der Waals surface area contributed by atoms with Crippen molar-refractivity contribution in [2.24, 2.45) is 5.92 Å². The van der Waals surface area contributed by atoms with Gasteiger partial charge in [-0.1, -0.05) is 26.2 Å². The van der Waals surface area contributed by atoms with Crippen LogP contribution in [0.1, 0.15) is 51.3 Å². The maximum Gasteiger partial charge on any atom is 0.134 e. The van der Waals surface area contributed by atoms with Crippen molar-refractivity contribution >= 4 is 11.6 Å². The Kier molecular flexibility index (Phi) is 5.00. The molecule has 1 aliphatic carbocycles. The average molecular weight is 262 g/mol. The van der Waals surface area contributed by atoms with Gasteiger partial charge in [-0.05, 0) is 25.2 Å². The minimum absolute atomic E-state index is 0.587. The number of aryl methyl sites for hydroxylation is 1. The SMILES string of the molecule is CCCc1nc(N)cc(N(C)CC2CCCCC2)n1. The van der Waals surface area contributed by atoms with Gasteiger partial charge in [-0.3, -0.25) is 0 Å². The van der Waals surface area contributed by atoms with Crippen molar-refractivity contribution in [3.8, 4) is 0 Å². The number of anilines is 2. The molecule has 0 bridgehead atoms. The van der Waals surface area contributed by atoms with Crippen LogP contribution in [0.3, 0.4) is 0 Å². The molecular weight excluding hydrogens is 236 g/mol. The average Bonchev–Trinajstić information content (AvgIpc) is 2.39. The van der Waals surface area contributed by atoms with E-state index in [4.69, 9.17) is 5.73 Å². The third-order valence-electron chi connectivity index (χ3n) is 3.90. The zero-order valence-corrected chi connectivity index (χ0v) is 12.2. The van der Waals surface area contributed by atoms with Gasteiger partial charge < -0.3 is 10.6 Å². The number of rotatable bonds is 5. The maximum atomic E-state index is 5.88. The first kappa shape index (κ1) is 14.1. The van der Waals surface area contributed by atoms with Gasteiger partial charge in [0, 0.05) is 26.1 Å². The van der Waals surface area contributed by atoms with Crippen LogP contribution in [0.15, 0.2) is 6.07 Å². The smallest absolute Gasteiger partial charge is 0.134 e.